The maximum Gasteiger partial charge on any atom is 0.119 e. The first-order valence-electron chi connectivity index (χ1n) is 6.68. The van der Waals surface area contributed by atoms with Crippen LogP contribution < -0.4 is 10.1 Å². The van der Waals surface area contributed by atoms with Gasteiger partial charge in [0.1, 0.15) is 5.75 Å². The molecule has 3 nitrogen and oxygen atoms in total. The van der Waals surface area contributed by atoms with Crippen LogP contribution in [-0.4, -0.2) is 27.3 Å². The SMILES string of the molecule is COCc1cc(CC2CCNCC2)cc(OC)c1. The first-order chi connectivity index (χ1) is 8.81. The largest absolute Gasteiger partial charge is 0.497 e. The Bertz CT molecular complexity index is 373. The molecule has 1 aliphatic rings. The molecule has 0 bridgehead atoms. The minimum absolute atomic E-state index is 0.649. The number of ether oxygens (including phenoxy) is 2. The van der Waals surface area contributed by atoms with E-state index in [0.29, 0.717) is 6.61 Å². The molecule has 0 unspecified atom stereocenters. The van der Waals surface area contributed by atoms with Crippen LogP contribution in [0.3, 0.4) is 0 Å². The van der Waals surface area contributed by atoms with Gasteiger partial charge in [-0.25, -0.2) is 0 Å². The van der Waals surface area contributed by atoms with E-state index in [4.69, 9.17) is 9.47 Å². The maximum atomic E-state index is 5.36. The van der Waals surface area contributed by atoms with Crippen molar-refractivity contribution in [2.24, 2.45) is 5.92 Å². The molecule has 18 heavy (non-hydrogen) atoms. The van der Waals surface area contributed by atoms with Crippen LogP contribution in [0.25, 0.3) is 0 Å². The van der Waals surface area contributed by atoms with E-state index in [9.17, 15) is 0 Å². The lowest BCUT2D eigenvalue weighted by atomic mass is 9.90. The zero-order valence-electron chi connectivity index (χ0n) is 11.4. The Morgan fingerprint density at radius 2 is 1.83 bits per heavy atom. The van der Waals surface area contributed by atoms with E-state index in [1.165, 1.54) is 24.0 Å². The predicted octanol–water partition coefficient (Wildman–Crippen LogP) is 2.38. The summed E-state index contributed by atoms with van der Waals surface area (Å²) in [6, 6.07) is 6.45. The van der Waals surface area contributed by atoms with E-state index >= 15 is 0 Å². The Balaban J connectivity index is 2.07. The average molecular weight is 249 g/mol. The summed E-state index contributed by atoms with van der Waals surface area (Å²) in [7, 11) is 3.45. The van der Waals surface area contributed by atoms with Crippen molar-refractivity contribution in [2.45, 2.75) is 25.9 Å². The van der Waals surface area contributed by atoms with E-state index in [0.717, 1.165) is 31.2 Å². The van der Waals surface area contributed by atoms with Gasteiger partial charge in [0.2, 0.25) is 0 Å². The Kier molecular flexibility index (Phi) is 5.02. The van der Waals surface area contributed by atoms with Crippen molar-refractivity contribution >= 4 is 0 Å². The minimum Gasteiger partial charge on any atom is -0.497 e. The smallest absolute Gasteiger partial charge is 0.119 e. The van der Waals surface area contributed by atoms with Crippen molar-refractivity contribution in [3.05, 3.63) is 29.3 Å². The number of methoxy groups -OCH3 is 2. The van der Waals surface area contributed by atoms with Crippen molar-refractivity contribution in [3.8, 4) is 5.75 Å². The summed E-state index contributed by atoms with van der Waals surface area (Å²) in [5.41, 5.74) is 2.56. The minimum atomic E-state index is 0.649. The molecular formula is C15H23NO2. The van der Waals surface area contributed by atoms with Crippen LogP contribution in [0, 0.1) is 5.92 Å². The van der Waals surface area contributed by atoms with Crippen LogP contribution in [0.5, 0.6) is 5.75 Å². The van der Waals surface area contributed by atoms with Crippen molar-refractivity contribution in [2.75, 3.05) is 27.3 Å². The summed E-state index contributed by atoms with van der Waals surface area (Å²) in [4.78, 5) is 0. The third-order valence-electron chi connectivity index (χ3n) is 3.56. The van der Waals surface area contributed by atoms with Crippen LogP contribution in [0.2, 0.25) is 0 Å². The van der Waals surface area contributed by atoms with Gasteiger partial charge in [-0.2, -0.15) is 0 Å². The lowest BCUT2D eigenvalue weighted by Crippen LogP contribution is -2.28. The molecule has 2 rings (SSSR count). The van der Waals surface area contributed by atoms with E-state index in [1.807, 2.05) is 0 Å². The number of hydrogen-bond donors (Lipinski definition) is 1. The third-order valence-corrected chi connectivity index (χ3v) is 3.56. The van der Waals surface area contributed by atoms with Gasteiger partial charge in [0.15, 0.2) is 0 Å². The highest BCUT2D eigenvalue weighted by Crippen LogP contribution is 2.23. The van der Waals surface area contributed by atoms with Crippen molar-refractivity contribution in [3.63, 3.8) is 0 Å². The first-order valence-corrected chi connectivity index (χ1v) is 6.68. The predicted molar refractivity (Wildman–Crippen MR) is 73.0 cm³/mol. The summed E-state index contributed by atoms with van der Waals surface area (Å²) in [5, 5.41) is 3.41. The monoisotopic (exact) mass is 249 g/mol. The number of nitrogens with one attached hydrogen (secondary N) is 1. The molecule has 1 aromatic carbocycles. The molecule has 1 N–H and O–H groups in total. The summed E-state index contributed by atoms with van der Waals surface area (Å²) in [5.74, 6) is 1.74. The lowest BCUT2D eigenvalue weighted by molar-refractivity contribution is 0.184. The third kappa shape index (κ3) is 3.72. The van der Waals surface area contributed by atoms with Crippen LogP contribution >= 0.6 is 0 Å². The van der Waals surface area contributed by atoms with Crippen molar-refractivity contribution in [1.29, 1.82) is 0 Å². The second-order valence-corrected chi connectivity index (χ2v) is 5.02. The summed E-state index contributed by atoms with van der Waals surface area (Å²) in [6.45, 7) is 2.95. The molecule has 0 aliphatic carbocycles. The lowest BCUT2D eigenvalue weighted by Gasteiger charge is -2.23. The van der Waals surface area contributed by atoms with Crippen LogP contribution in [0.15, 0.2) is 18.2 Å². The summed E-state index contributed by atoms with van der Waals surface area (Å²) in [6.07, 6.45) is 3.70. The Labute approximate surface area is 109 Å². The van der Waals surface area contributed by atoms with E-state index in [-0.39, 0.29) is 0 Å². The molecule has 1 heterocycles. The van der Waals surface area contributed by atoms with Gasteiger partial charge in [-0.15, -0.1) is 0 Å². The summed E-state index contributed by atoms with van der Waals surface area (Å²) < 4.78 is 10.6. The van der Waals surface area contributed by atoms with Gasteiger partial charge >= 0.3 is 0 Å². The second-order valence-electron chi connectivity index (χ2n) is 5.02. The Hall–Kier alpha value is -1.06. The molecule has 1 fully saturated rings. The molecule has 0 radical (unpaired) electrons. The highest BCUT2D eigenvalue weighted by molar-refractivity contribution is 5.34. The standard InChI is InChI=1S/C15H23NO2/c1-17-11-14-8-13(9-15(10-14)18-2)7-12-3-5-16-6-4-12/h8-10,12,16H,3-7,11H2,1-2H3. The highest BCUT2D eigenvalue weighted by atomic mass is 16.5. The Morgan fingerprint density at radius 3 is 2.50 bits per heavy atom. The van der Waals surface area contributed by atoms with Crippen LogP contribution in [0.1, 0.15) is 24.0 Å². The van der Waals surface area contributed by atoms with Gasteiger partial charge in [-0.05, 0) is 61.5 Å². The number of rotatable bonds is 5. The van der Waals surface area contributed by atoms with Gasteiger partial charge < -0.3 is 14.8 Å². The molecule has 3 heteroatoms. The molecule has 0 spiro atoms. The number of hydrogen-bond acceptors (Lipinski definition) is 3. The van der Waals surface area contributed by atoms with Crippen LogP contribution in [0.4, 0.5) is 0 Å². The molecule has 100 valence electrons. The molecular weight excluding hydrogens is 226 g/mol. The van der Waals surface area contributed by atoms with Gasteiger partial charge in [-0.1, -0.05) is 6.07 Å². The topological polar surface area (TPSA) is 30.5 Å². The molecule has 0 aromatic heterocycles. The normalized spacial score (nSPS) is 16.8. The Morgan fingerprint density at radius 1 is 1.11 bits per heavy atom. The van der Waals surface area contributed by atoms with Crippen LogP contribution in [-0.2, 0) is 17.8 Å². The molecule has 1 saturated heterocycles. The molecule has 0 amide bonds. The molecule has 1 aromatic rings. The van der Waals surface area contributed by atoms with Gasteiger partial charge in [0.05, 0.1) is 13.7 Å². The fraction of sp³-hybridized carbons (Fsp3) is 0.600. The van der Waals surface area contributed by atoms with Crippen molar-refractivity contribution < 1.29 is 9.47 Å². The average Bonchev–Trinajstić information content (AvgIpc) is 2.40. The molecule has 1 aliphatic heterocycles. The zero-order valence-corrected chi connectivity index (χ0v) is 11.4. The van der Waals surface area contributed by atoms with Gasteiger partial charge in [0.25, 0.3) is 0 Å². The number of piperidine rings is 1. The maximum absolute atomic E-state index is 5.36. The van der Waals surface area contributed by atoms with E-state index < -0.39 is 0 Å². The molecule has 0 saturated carbocycles. The quantitative estimate of drug-likeness (QED) is 0.869. The first kappa shape index (κ1) is 13.4. The zero-order chi connectivity index (χ0) is 12.8. The fourth-order valence-electron chi connectivity index (χ4n) is 2.63. The highest BCUT2D eigenvalue weighted by Gasteiger charge is 2.14. The number of benzene rings is 1. The van der Waals surface area contributed by atoms with Crippen molar-refractivity contribution in [1.82, 2.24) is 5.32 Å². The van der Waals surface area contributed by atoms with E-state index in [1.54, 1.807) is 14.2 Å². The second kappa shape index (κ2) is 6.76. The fourth-order valence-corrected chi connectivity index (χ4v) is 2.63. The van der Waals surface area contributed by atoms with Gasteiger partial charge in [-0.3, -0.25) is 0 Å². The molecule has 0 atom stereocenters. The van der Waals surface area contributed by atoms with Gasteiger partial charge in [0, 0.05) is 7.11 Å². The van der Waals surface area contributed by atoms with E-state index in [2.05, 4.69) is 23.5 Å². The summed E-state index contributed by atoms with van der Waals surface area (Å²) >= 11 is 0.